The van der Waals surface area contributed by atoms with Crippen molar-refractivity contribution >= 4 is 11.6 Å². The van der Waals surface area contributed by atoms with Gasteiger partial charge in [0.2, 0.25) is 0 Å². The van der Waals surface area contributed by atoms with Crippen LogP contribution in [-0.4, -0.2) is 36.9 Å². The van der Waals surface area contributed by atoms with Gasteiger partial charge in [0.05, 0.1) is 11.5 Å². The van der Waals surface area contributed by atoms with E-state index in [4.69, 9.17) is 4.42 Å². The number of hydrogen-bond donors (Lipinski definition) is 1. The first-order valence-electron chi connectivity index (χ1n) is 9.89. The lowest BCUT2D eigenvalue weighted by Gasteiger charge is -2.07. The quantitative estimate of drug-likeness (QED) is 0.302. The number of hydrogen-bond acceptors (Lipinski definition) is 6. The van der Waals surface area contributed by atoms with Crippen molar-refractivity contribution in [3.63, 3.8) is 0 Å². The first kappa shape index (κ1) is 21.6. The summed E-state index contributed by atoms with van der Waals surface area (Å²) in [6.45, 7) is 0.598. The van der Waals surface area contributed by atoms with Gasteiger partial charge in [0.25, 0.3) is 5.91 Å². The van der Waals surface area contributed by atoms with Crippen molar-refractivity contribution in [3.8, 4) is 0 Å². The average Bonchev–Trinajstić information content (AvgIpc) is 3.13. The molecule has 1 fully saturated rings. The molecule has 3 heterocycles. The molecule has 0 aliphatic heterocycles. The number of nitrogens with one attached hydrogen (secondary N) is 1. The molecule has 13 heteroatoms. The van der Waals surface area contributed by atoms with Gasteiger partial charge in [-0.2, -0.15) is 23.4 Å². The number of nitro groups is 1. The van der Waals surface area contributed by atoms with Crippen LogP contribution < -0.4 is 5.32 Å². The summed E-state index contributed by atoms with van der Waals surface area (Å²) in [5, 5.41) is 20.9. The molecule has 1 saturated carbocycles. The number of aromatic nitrogens is 4. The highest BCUT2D eigenvalue weighted by atomic mass is 19.4. The van der Waals surface area contributed by atoms with Crippen molar-refractivity contribution in [2.45, 2.75) is 44.4 Å². The molecule has 170 valence electrons. The molecule has 1 N–H and O–H groups in total. The Morgan fingerprint density at radius 2 is 2.12 bits per heavy atom. The molecule has 10 nitrogen and oxygen atoms in total. The number of rotatable bonds is 9. The van der Waals surface area contributed by atoms with Crippen LogP contribution in [0.3, 0.4) is 0 Å². The van der Waals surface area contributed by atoms with Crippen LogP contribution >= 0.6 is 0 Å². The highest BCUT2D eigenvalue weighted by Gasteiger charge is 2.37. The Kier molecular flexibility index (Phi) is 5.72. The van der Waals surface area contributed by atoms with E-state index in [2.05, 4.69) is 15.5 Å². The largest absolute Gasteiger partial charge is 0.454 e. The summed E-state index contributed by atoms with van der Waals surface area (Å²) < 4.78 is 47.0. The van der Waals surface area contributed by atoms with E-state index in [9.17, 15) is 28.1 Å². The van der Waals surface area contributed by atoms with Gasteiger partial charge in [0.1, 0.15) is 18.2 Å². The van der Waals surface area contributed by atoms with Gasteiger partial charge in [0, 0.05) is 24.7 Å². The van der Waals surface area contributed by atoms with Crippen LogP contribution in [0.15, 0.2) is 35.0 Å². The second-order valence-electron chi connectivity index (χ2n) is 7.48. The third-order valence-corrected chi connectivity index (χ3v) is 4.96. The van der Waals surface area contributed by atoms with Crippen LogP contribution in [0.25, 0.3) is 0 Å². The molecule has 4 rings (SSSR count). The van der Waals surface area contributed by atoms with E-state index in [1.54, 1.807) is 6.07 Å². The average molecular weight is 452 g/mol. The second kappa shape index (κ2) is 8.48. The molecule has 1 aliphatic carbocycles. The minimum Gasteiger partial charge on any atom is -0.454 e. The van der Waals surface area contributed by atoms with Gasteiger partial charge in [-0.25, -0.2) is 0 Å². The first-order valence-corrected chi connectivity index (χ1v) is 9.89. The van der Waals surface area contributed by atoms with Gasteiger partial charge >= 0.3 is 11.9 Å². The molecule has 0 atom stereocenters. The molecule has 1 amide bonds. The van der Waals surface area contributed by atoms with E-state index < -0.39 is 22.7 Å². The summed E-state index contributed by atoms with van der Waals surface area (Å²) in [6.07, 6.45) is -0.0187. The lowest BCUT2D eigenvalue weighted by molar-refractivity contribution is -0.385. The standard InChI is InChI=1S/C19H19F3N6O4/c20-19(21,22)17-8-15(12-2-3-12)27(25-17)7-1-6-23-18(29)16-5-4-14(32-16)11-26-10-13(9-24-26)28(30)31/h4-5,8-10,12H,1-3,6-7,11H2,(H,23,29). The number of furan rings is 1. The number of nitrogens with zero attached hydrogens (tertiary/aromatic N) is 5. The highest BCUT2D eigenvalue weighted by Crippen LogP contribution is 2.42. The fraction of sp³-hybridized carbons (Fsp3) is 0.421. The molecular formula is C19H19F3N6O4. The van der Waals surface area contributed by atoms with Crippen LogP contribution in [-0.2, 0) is 19.3 Å². The molecule has 3 aromatic rings. The Morgan fingerprint density at radius 1 is 1.34 bits per heavy atom. The Morgan fingerprint density at radius 3 is 2.78 bits per heavy atom. The zero-order valence-corrected chi connectivity index (χ0v) is 16.7. The van der Waals surface area contributed by atoms with E-state index in [0.29, 0.717) is 17.9 Å². The van der Waals surface area contributed by atoms with Crippen LogP contribution in [0, 0.1) is 10.1 Å². The molecule has 32 heavy (non-hydrogen) atoms. The maximum atomic E-state index is 12.9. The lowest BCUT2D eigenvalue weighted by Crippen LogP contribution is -2.25. The molecule has 0 saturated heterocycles. The van der Waals surface area contributed by atoms with Gasteiger partial charge in [-0.1, -0.05) is 0 Å². The monoisotopic (exact) mass is 452 g/mol. The van der Waals surface area contributed by atoms with Crippen molar-refractivity contribution in [2.24, 2.45) is 0 Å². The van der Waals surface area contributed by atoms with E-state index in [1.807, 2.05) is 0 Å². The second-order valence-corrected chi connectivity index (χ2v) is 7.48. The van der Waals surface area contributed by atoms with Gasteiger partial charge in [-0.15, -0.1) is 0 Å². The molecule has 3 aromatic heterocycles. The molecule has 1 aliphatic rings. The maximum absolute atomic E-state index is 12.9. The predicted molar refractivity (Wildman–Crippen MR) is 103 cm³/mol. The van der Waals surface area contributed by atoms with Crippen molar-refractivity contribution in [3.05, 3.63) is 63.6 Å². The number of halogens is 3. The fourth-order valence-electron chi connectivity index (χ4n) is 3.25. The number of amides is 1. The zero-order chi connectivity index (χ0) is 22.9. The van der Waals surface area contributed by atoms with Crippen LogP contribution in [0.5, 0.6) is 0 Å². The topological polar surface area (TPSA) is 121 Å². The summed E-state index contributed by atoms with van der Waals surface area (Å²) in [4.78, 5) is 22.4. The summed E-state index contributed by atoms with van der Waals surface area (Å²) >= 11 is 0. The molecule has 0 aromatic carbocycles. The Bertz CT molecular complexity index is 1130. The Hall–Kier alpha value is -3.64. The third kappa shape index (κ3) is 4.98. The van der Waals surface area contributed by atoms with Gasteiger partial charge in [-0.3, -0.25) is 24.3 Å². The first-order chi connectivity index (χ1) is 15.2. The minimum absolute atomic E-state index is 0.0544. The highest BCUT2D eigenvalue weighted by molar-refractivity contribution is 5.91. The number of aryl methyl sites for hydroxylation is 1. The van der Waals surface area contributed by atoms with Crippen molar-refractivity contribution in [1.82, 2.24) is 24.9 Å². The van der Waals surface area contributed by atoms with Crippen LogP contribution in [0.1, 0.15) is 52.9 Å². The molecule has 0 radical (unpaired) electrons. The van der Waals surface area contributed by atoms with E-state index in [0.717, 1.165) is 25.1 Å². The number of carbonyl (C=O) groups excluding carboxylic acids is 1. The number of alkyl halides is 3. The van der Waals surface area contributed by atoms with Gasteiger partial charge in [-0.05, 0) is 37.5 Å². The summed E-state index contributed by atoms with van der Waals surface area (Å²) in [7, 11) is 0. The Labute approximate surface area is 179 Å². The van der Waals surface area contributed by atoms with Crippen molar-refractivity contribution < 1.29 is 27.3 Å². The maximum Gasteiger partial charge on any atom is 0.435 e. The predicted octanol–water partition coefficient (Wildman–Crippen LogP) is 3.35. The normalized spacial score (nSPS) is 14.0. The summed E-state index contributed by atoms with van der Waals surface area (Å²) in [5.74, 6) is 0.0877. The summed E-state index contributed by atoms with van der Waals surface area (Å²) in [5.41, 5.74) is -0.467. The SMILES string of the molecule is O=C(NCCCn1nc(C(F)(F)F)cc1C1CC1)c1ccc(Cn2cc([N+](=O)[O-])cn2)o1. The van der Waals surface area contributed by atoms with E-state index in [-0.39, 0.29) is 37.0 Å². The zero-order valence-electron chi connectivity index (χ0n) is 16.7. The van der Waals surface area contributed by atoms with E-state index >= 15 is 0 Å². The van der Waals surface area contributed by atoms with Gasteiger partial charge < -0.3 is 9.73 Å². The van der Waals surface area contributed by atoms with Crippen molar-refractivity contribution in [1.29, 1.82) is 0 Å². The van der Waals surface area contributed by atoms with E-state index in [1.165, 1.54) is 21.6 Å². The molecule has 0 bridgehead atoms. The van der Waals surface area contributed by atoms with Gasteiger partial charge in [0.15, 0.2) is 11.5 Å². The third-order valence-electron chi connectivity index (χ3n) is 4.96. The fourth-order valence-corrected chi connectivity index (χ4v) is 3.25. The van der Waals surface area contributed by atoms with Crippen LogP contribution in [0.2, 0.25) is 0 Å². The minimum atomic E-state index is -4.48. The Balaban J connectivity index is 1.28. The molecule has 0 spiro atoms. The molecule has 0 unspecified atom stereocenters. The van der Waals surface area contributed by atoms with Crippen LogP contribution in [0.4, 0.5) is 18.9 Å². The lowest BCUT2D eigenvalue weighted by atomic mass is 10.2. The smallest absolute Gasteiger partial charge is 0.435 e. The summed E-state index contributed by atoms with van der Waals surface area (Å²) in [6, 6.07) is 4.14. The number of carbonyl (C=O) groups is 1. The van der Waals surface area contributed by atoms with Crippen molar-refractivity contribution in [2.75, 3.05) is 6.54 Å². The molecular weight excluding hydrogens is 433 g/mol.